The number of esters is 1. The first kappa shape index (κ1) is 19.5. The molecule has 1 amide bonds. The summed E-state index contributed by atoms with van der Waals surface area (Å²) in [6, 6.07) is 8.84. The minimum absolute atomic E-state index is 0.000284. The molecule has 1 unspecified atom stereocenters. The smallest absolute Gasteiger partial charge is 0.337 e. The molecule has 2 aromatic carbocycles. The Morgan fingerprint density at radius 3 is 2.83 bits per heavy atom. The molecule has 0 fully saturated rings. The molecule has 0 saturated carbocycles. The lowest BCUT2D eigenvalue weighted by atomic mass is 9.94. The van der Waals surface area contributed by atoms with Gasteiger partial charge in [-0.1, -0.05) is 25.4 Å². The van der Waals surface area contributed by atoms with Gasteiger partial charge in [-0.3, -0.25) is 9.89 Å². The van der Waals surface area contributed by atoms with E-state index in [-0.39, 0.29) is 18.4 Å². The normalized spacial score (nSPS) is 14.5. The third-order valence-corrected chi connectivity index (χ3v) is 5.50. The van der Waals surface area contributed by atoms with Gasteiger partial charge >= 0.3 is 5.97 Å². The zero-order valence-electron chi connectivity index (χ0n) is 16.5. The molecule has 0 aliphatic carbocycles. The lowest BCUT2D eigenvalue weighted by Gasteiger charge is -2.31. The van der Waals surface area contributed by atoms with Crippen molar-refractivity contribution in [3.05, 3.63) is 58.2 Å². The van der Waals surface area contributed by atoms with Gasteiger partial charge < -0.3 is 9.64 Å². The highest BCUT2D eigenvalue weighted by atomic mass is 35.5. The highest BCUT2D eigenvalue weighted by Gasteiger charge is 2.35. The maximum atomic E-state index is 13.1. The Bertz CT molecular complexity index is 1110. The first-order chi connectivity index (χ1) is 13.9. The van der Waals surface area contributed by atoms with E-state index in [1.807, 2.05) is 23.1 Å². The van der Waals surface area contributed by atoms with Gasteiger partial charge in [-0.25, -0.2) is 4.79 Å². The van der Waals surface area contributed by atoms with Gasteiger partial charge in [-0.2, -0.15) is 5.10 Å². The Balaban J connectivity index is 1.84. The molecule has 1 aromatic heterocycles. The summed E-state index contributed by atoms with van der Waals surface area (Å²) >= 11 is 6.38. The summed E-state index contributed by atoms with van der Waals surface area (Å²) in [6.07, 6.45) is 2.75. The number of hydrogen-bond donors (Lipinski definition) is 1. The van der Waals surface area contributed by atoms with Crippen LogP contribution in [0.3, 0.4) is 0 Å². The number of methoxy groups -OCH3 is 1. The molecule has 7 heteroatoms. The first-order valence-corrected chi connectivity index (χ1v) is 9.92. The molecule has 1 N–H and O–H groups in total. The summed E-state index contributed by atoms with van der Waals surface area (Å²) in [5, 5.41) is 8.73. The fourth-order valence-corrected chi connectivity index (χ4v) is 4.29. The van der Waals surface area contributed by atoms with Crippen molar-refractivity contribution in [1.29, 1.82) is 0 Å². The molecule has 1 aliphatic rings. The molecule has 2 heterocycles. The fourth-order valence-electron chi connectivity index (χ4n) is 4.06. The summed E-state index contributed by atoms with van der Waals surface area (Å²) in [4.78, 5) is 26.8. The number of H-pyrrole nitrogens is 1. The van der Waals surface area contributed by atoms with E-state index in [1.54, 1.807) is 18.3 Å². The average molecular weight is 412 g/mol. The van der Waals surface area contributed by atoms with Crippen LogP contribution in [0.25, 0.3) is 10.9 Å². The van der Waals surface area contributed by atoms with E-state index in [1.165, 1.54) is 7.11 Å². The predicted octanol–water partition coefficient (Wildman–Crippen LogP) is 4.68. The number of fused-ring (bicyclic) bond motifs is 2. The average Bonchev–Trinajstić information content (AvgIpc) is 3.27. The Morgan fingerprint density at radius 2 is 2.10 bits per heavy atom. The molecule has 29 heavy (non-hydrogen) atoms. The Morgan fingerprint density at radius 1 is 1.31 bits per heavy atom. The number of nitrogens with zero attached hydrogens (tertiary/aromatic N) is 2. The summed E-state index contributed by atoms with van der Waals surface area (Å²) in [5.74, 6) is -0.0603. The van der Waals surface area contributed by atoms with E-state index in [4.69, 9.17) is 16.3 Å². The molecular weight excluding hydrogens is 390 g/mol. The van der Waals surface area contributed by atoms with E-state index in [0.717, 1.165) is 34.1 Å². The van der Waals surface area contributed by atoms with Crippen molar-refractivity contribution in [2.45, 2.75) is 32.7 Å². The lowest BCUT2D eigenvalue weighted by molar-refractivity contribution is -0.117. The van der Waals surface area contributed by atoms with Crippen LogP contribution in [0.2, 0.25) is 5.02 Å². The number of carbonyl (C=O) groups excluding carboxylic acids is 2. The van der Waals surface area contributed by atoms with Crippen LogP contribution in [-0.4, -0.2) is 29.2 Å². The second kappa shape index (κ2) is 7.52. The number of aromatic amines is 1. The van der Waals surface area contributed by atoms with E-state index in [9.17, 15) is 9.59 Å². The van der Waals surface area contributed by atoms with Crippen molar-refractivity contribution in [3.8, 4) is 0 Å². The molecule has 0 spiro atoms. The van der Waals surface area contributed by atoms with Crippen molar-refractivity contribution < 1.29 is 14.3 Å². The van der Waals surface area contributed by atoms with Gasteiger partial charge in [0.25, 0.3) is 0 Å². The monoisotopic (exact) mass is 411 g/mol. The van der Waals surface area contributed by atoms with Crippen molar-refractivity contribution in [3.63, 3.8) is 0 Å². The number of carbonyl (C=O) groups is 2. The predicted molar refractivity (Wildman–Crippen MR) is 112 cm³/mol. The maximum absolute atomic E-state index is 13.1. The molecule has 4 rings (SSSR count). The number of ether oxygens (including phenoxy) is 1. The summed E-state index contributed by atoms with van der Waals surface area (Å²) in [7, 11) is 1.35. The summed E-state index contributed by atoms with van der Waals surface area (Å²) in [6.45, 7) is 4.26. The van der Waals surface area contributed by atoms with Crippen LogP contribution in [0.5, 0.6) is 0 Å². The van der Waals surface area contributed by atoms with Gasteiger partial charge in [0.05, 0.1) is 36.8 Å². The van der Waals surface area contributed by atoms with Crippen LogP contribution in [0.4, 0.5) is 5.69 Å². The molecule has 0 radical (unpaired) electrons. The SMILES string of the molecule is COC(=O)c1ccc2c(c1)CC(=O)N2C(CC(C)C)c1cc(Cl)cc2cn[nH]c12. The van der Waals surface area contributed by atoms with E-state index < -0.39 is 5.97 Å². The van der Waals surface area contributed by atoms with Gasteiger partial charge in [0, 0.05) is 21.7 Å². The Kier molecular flexibility index (Phi) is 5.04. The lowest BCUT2D eigenvalue weighted by Crippen LogP contribution is -2.32. The molecule has 0 saturated heterocycles. The number of aromatic nitrogens is 2. The van der Waals surface area contributed by atoms with Crippen molar-refractivity contribution >= 4 is 40.1 Å². The third-order valence-electron chi connectivity index (χ3n) is 5.28. The number of rotatable bonds is 5. The van der Waals surface area contributed by atoms with Crippen LogP contribution in [0.15, 0.2) is 36.5 Å². The zero-order valence-corrected chi connectivity index (χ0v) is 17.3. The standard InChI is InChI=1S/C22H22ClN3O3/c1-12(2)6-19(17-10-16(23)8-15-11-24-25-21(15)17)26-18-5-4-13(22(28)29-3)7-14(18)9-20(26)27/h4-5,7-8,10-12,19H,6,9H2,1-3H3,(H,24,25). The van der Waals surface area contributed by atoms with Gasteiger partial charge in [0.15, 0.2) is 0 Å². The number of halogens is 1. The topological polar surface area (TPSA) is 75.3 Å². The maximum Gasteiger partial charge on any atom is 0.337 e. The van der Waals surface area contributed by atoms with Gasteiger partial charge in [0.2, 0.25) is 5.91 Å². The summed E-state index contributed by atoms with van der Waals surface area (Å²) in [5.41, 5.74) is 3.92. The first-order valence-electron chi connectivity index (χ1n) is 9.55. The second-order valence-corrected chi connectivity index (χ2v) is 8.19. The number of amides is 1. The Hall–Kier alpha value is -2.86. The van der Waals surface area contributed by atoms with Crippen molar-refractivity contribution in [2.24, 2.45) is 5.92 Å². The van der Waals surface area contributed by atoms with Gasteiger partial charge in [0.1, 0.15) is 0 Å². The van der Waals surface area contributed by atoms with Crippen LogP contribution < -0.4 is 4.90 Å². The largest absolute Gasteiger partial charge is 0.465 e. The van der Waals surface area contributed by atoms with Crippen LogP contribution >= 0.6 is 11.6 Å². The van der Waals surface area contributed by atoms with Crippen LogP contribution in [-0.2, 0) is 16.0 Å². The Labute approximate surface area is 173 Å². The van der Waals surface area contributed by atoms with Crippen molar-refractivity contribution in [1.82, 2.24) is 10.2 Å². The van der Waals surface area contributed by atoms with Crippen LogP contribution in [0, 0.1) is 5.92 Å². The highest BCUT2D eigenvalue weighted by molar-refractivity contribution is 6.31. The quantitative estimate of drug-likeness (QED) is 0.618. The second-order valence-electron chi connectivity index (χ2n) is 7.75. The third kappa shape index (κ3) is 3.49. The van der Waals surface area contributed by atoms with Crippen molar-refractivity contribution in [2.75, 3.05) is 12.0 Å². The van der Waals surface area contributed by atoms with E-state index in [2.05, 4.69) is 24.0 Å². The minimum Gasteiger partial charge on any atom is -0.465 e. The molecule has 6 nitrogen and oxygen atoms in total. The zero-order chi connectivity index (χ0) is 20.7. The number of benzene rings is 2. The number of anilines is 1. The highest BCUT2D eigenvalue weighted by Crippen LogP contribution is 2.41. The summed E-state index contributed by atoms with van der Waals surface area (Å²) < 4.78 is 4.81. The molecule has 0 bridgehead atoms. The number of nitrogens with one attached hydrogen (secondary N) is 1. The molecule has 150 valence electrons. The molecular formula is C22H22ClN3O3. The van der Waals surface area contributed by atoms with E-state index in [0.29, 0.717) is 16.5 Å². The van der Waals surface area contributed by atoms with E-state index >= 15 is 0 Å². The van der Waals surface area contributed by atoms with Crippen LogP contribution in [0.1, 0.15) is 47.8 Å². The molecule has 1 atom stereocenters. The van der Waals surface area contributed by atoms with Gasteiger partial charge in [-0.15, -0.1) is 0 Å². The fraction of sp³-hybridized carbons (Fsp3) is 0.318. The molecule has 1 aliphatic heterocycles. The minimum atomic E-state index is -0.411. The number of hydrogen-bond acceptors (Lipinski definition) is 4. The van der Waals surface area contributed by atoms with Gasteiger partial charge in [-0.05, 0) is 48.2 Å². The molecule has 3 aromatic rings.